The van der Waals surface area contributed by atoms with Gasteiger partial charge >= 0.3 is 0 Å². The number of hydrogen-bond donors (Lipinski definition) is 1. The maximum Gasteiger partial charge on any atom is 0.0847 e. The molecule has 0 fully saturated rings. The minimum atomic E-state index is 0.211. The average molecular weight is 121 g/mol. The van der Waals surface area contributed by atoms with E-state index in [-0.39, 0.29) is 10.9 Å². The molecule has 0 aromatic carbocycles. The molecule has 0 aliphatic rings. The molecule has 0 radical (unpaired) electrons. The Kier molecular flexibility index (Phi) is 3.53. The molecular formula is C4H12NOP. The van der Waals surface area contributed by atoms with Crippen LogP contribution in [0.5, 0.6) is 0 Å². The number of nitrogens with one attached hydrogen (secondary N) is 1. The van der Waals surface area contributed by atoms with Crippen molar-refractivity contribution in [1.29, 1.82) is 0 Å². The van der Waals surface area contributed by atoms with E-state index < -0.39 is 0 Å². The van der Waals surface area contributed by atoms with E-state index in [1.807, 2.05) is 13.8 Å². The summed E-state index contributed by atoms with van der Waals surface area (Å²) in [7, 11) is 2.18. The predicted molar refractivity (Wildman–Crippen MR) is 33.8 cm³/mol. The Balaban J connectivity index is 3.14. The Morgan fingerprint density at radius 2 is 2.29 bits per heavy atom. The number of hydroxylamine groups is 1. The van der Waals surface area contributed by atoms with Gasteiger partial charge in [-0.2, -0.15) is 0 Å². The van der Waals surface area contributed by atoms with E-state index in [4.69, 9.17) is 0 Å². The standard InChI is InChI=1S/C4H12NOP/c1-3-4(2)5(6)7/h4-5H,3,7H2,1-2H3. The molecule has 2 nitrogen and oxygen atoms in total. The average Bonchev–Trinajstić information content (AvgIpc) is 1.65. The molecule has 0 spiro atoms. The summed E-state index contributed by atoms with van der Waals surface area (Å²) >= 11 is 0. The Labute approximate surface area is 46.7 Å². The molecule has 44 valence electrons. The quantitative estimate of drug-likeness (QED) is 0.403. The molecule has 0 aliphatic carbocycles. The van der Waals surface area contributed by atoms with Gasteiger partial charge in [-0.25, -0.2) is 0 Å². The lowest BCUT2D eigenvalue weighted by molar-refractivity contribution is -0.730. The van der Waals surface area contributed by atoms with Gasteiger partial charge in [0.05, 0.1) is 15.4 Å². The Hall–Kier alpha value is 0.350. The highest BCUT2D eigenvalue weighted by molar-refractivity contribution is 7.07. The van der Waals surface area contributed by atoms with Crippen molar-refractivity contribution in [3.8, 4) is 0 Å². The lowest BCUT2D eigenvalue weighted by Crippen LogP contribution is -3.01. The molecule has 0 saturated heterocycles. The number of rotatable bonds is 2. The molecular weight excluding hydrogens is 109 g/mol. The zero-order valence-corrected chi connectivity index (χ0v) is 5.92. The second-order valence-corrected chi connectivity index (χ2v) is 2.28. The van der Waals surface area contributed by atoms with Gasteiger partial charge in [-0.05, 0) is 13.3 Å². The third-order valence-corrected chi connectivity index (χ3v) is 1.67. The lowest BCUT2D eigenvalue weighted by atomic mass is 10.3. The third kappa shape index (κ3) is 2.98. The highest BCUT2D eigenvalue weighted by Gasteiger charge is 1.97. The van der Waals surface area contributed by atoms with Crippen molar-refractivity contribution in [2.45, 2.75) is 26.3 Å². The van der Waals surface area contributed by atoms with Crippen LogP contribution in [0.15, 0.2) is 0 Å². The zero-order chi connectivity index (χ0) is 5.86. The zero-order valence-electron chi connectivity index (χ0n) is 4.77. The Bertz CT molecular complexity index is 49.0. The lowest BCUT2D eigenvalue weighted by Gasteiger charge is -2.21. The molecule has 0 heterocycles. The topological polar surface area (TPSA) is 27.5 Å². The second kappa shape index (κ2) is 3.36. The van der Waals surface area contributed by atoms with Crippen molar-refractivity contribution in [3.63, 3.8) is 0 Å². The molecule has 3 heteroatoms. The van der Waals surface area contributed by atoms with Gasteiger partial charge in [0.2, 0.25) is 0 Å². The van der Waals surface area contributed by atoms with Crippen LogP contribution in [0.2, 0.25) is 0 Å². The first kappa shape index (κ1) is 7.35. The third-order valence-electron chi connectivity index (χ3n) is 1.10. The van der Waals surface area contributed by atoms with Crippen LogP contribution in [0.1, 0.15) is 20.3 Å². The SMILES string of the molecule is CCC(C)[NH+]([O-])P. The van der Waals surface area contributed by atoms with Crippen molar-refractivity contribution in [1.82, 2.24) is 0 Å². The molecule has 0 aromatic rings. The van der Waals surface area contributed by atoms with Crippen molar-refractivity contribution < 1.29 is 4.83 Å². The first-order valence-electron chi connectivity index (χ1n) is 2.47. The largest absolute Gasteiger partial charge is 0.633 e. The van der Waals surface area contributed by atoms with Crippen molar-refractivity contribution in [2.75, 3.05) is 0 Å². The molecule has 0 aromatic heterocycles. The molecule has 0 amide bonds. The molecule has 0 rings (SSSR count). The number of hydrogen-bond acceptors (Lipinski definition) is 1. The van der Waals surface area contributed by atoms with E-state index in [1.54, 1.807) is 0 Å². The van der Waals surface area contributed by atoms with Gasteiger partial charge < -0.3 is 10.0 Å². The monoisotopic (exact) mass is 121 g/mol. The van der Waals surface area contributed by atoms with Crippen molar-refractivity contribution in [3.05, 3.63) is 5.21 Å². The summed E-state index contributed by atoms with van der Waals surface area (Å²) in [6, 6.07) is 0.227. The van der Waals surface area contributed by atoms with Gasteiger partial charge in [-0.15, -0.1) is 0 Å². The highest BCUT2D eigenvalue weighted by atomic mass is 31.0. The van der Waals surface area contributed by atoms with E-state index in [0.717, 1.165) is 6.42 Å². The molecule has 3 atom stereocenters. The molecule has 0 aliphatic heterocycles. The Morgan fingerprint density at radius 1 is 1.86 bits per heavy atom. The molecule has 1 N–H and O–H groups in total. The minimum absolute atomic E-state index is 0.211. The van der Waals surface area contributed by atoms with Crippen LogP contribution >= 0.6 is 9.39 Å². The maximum atomic E-state index is 10.3. The van der Waals surface area contributed by atoms with E-state index in [0.29, 0.717) is 0 Å². The van der Waals surface area contributed by atoms with Gasteiger partial charge in [-0.3, -0.25) is 0 Å². The fraction of sp³-hybridized carbons (Fsp3) is 1.00. The summed E-state index contributed by atoms with van der Waals surface area (Å²) in [5.74, 6) is 0. The highest BCUT2D eigenvalue weighted by Crippen LogP contribution is 1.81. The maximum absolute atomic E-state index is 10.3. The first-order valence-corrected chi connectivity index (χ1v) is 3.05. The van der Waals surface area contributed by atoms with Gasteiger partial charge in [-0.1, -0.05) is 6.92 Å². The summed E-state index contributed by atoms with van der Waals surface area (Å²) in [6.45, 7) is 3.93. The van der Waals surface area contributed by atoms with Gasteiger partial charge in [0.25, 0.3) is 0 Å². The van der Waals surface area contributed by atoms with E-state index in [1.165, 1.54) is 0 Å². The van der Waals surface area contributed by atoms with Crippen molar-refractivity contribution >= 4 is 9.39 Å². The van der Waals surface area contributed by atoms with Crippen LogP contribution in [0.25, 0.3) is 0 Å². The van der Waals surface area contributed by atoms with Crippen LogP contribution in [-0.4, -0.2) is 6.04 Å². The van der Waals surface area contributed by atoms with Crippen LogP contribution in [0, 0.1) is 5.21 Å². The van der Waals surface area contributed by atoms with Crippen LogP contribution in [0.3, 0.4) is 0 Å². The van der Waals surface area contributed by atoms with Crippen LogP contribution in [0.4, 0.5) is 0 Å². The van der Waals surface area contributed by atoms with E-state index in [9.17, 15) is 5.21 Å². The van der Waals surface area contributed by atoms with Crippen LogP contribution < -0.4 is 4.83 Å². The molecule has 0 saturated carbocycles. The van der Waals surface area contributed by atoms with Crippen LogP contribution in [-0.2, 0) is 0 Å². The molecule has 0 bridgehead atoms. The Morgan fingerprint density at radius 3 is 2.29 bits per heavy atom. The fourth-order valence-electron chi connectivity index (χ4n) is 0.201. The normalized spacial score (nSPS) is 18.9. The van der Waals surface area contributed by atoms with E-state index >= 15 is 0 Å². The molecule has 3 unspecified atom stereocenters. The van der Waals surface area contributed by atoms with Gasteiger partial charge in [0.15, 0.2) is 0 Å². The first-order chi connectivity index (χ1) is 3.18. The predicted octanol–water partition coefficient (Wildman–Crippen LogP) is -0.0423. The smallest absolute Gasteiger partial charge is 0.0847 e. The summed E-state index contributed by atoms with van der Waals surface area (Å²) < 4.78 is 0. The number of quaternary nitrogens is 1. The van der Waals surface area contributed by atoms with E-state index in [2.05, 4.69) is 9.39 Å². The minimum Gasteiger partial charge on any atom is -0.633 e. The van der Waals surface area contributed by atoms with Gasteiger partial charge in [0, 0.05) is 0 Å². The van der Waals surface area contributed by atoms with Crippen molar-refractivity contribution in [2.24, 2.45) is 0 Å². The summed E-state index contributed by atoms with van der Waals surface area (Å²) in [5.41, 5.74) is 0. The fourth-order valence-corrected chi connectivity index (χ4v) is 0.437. The molecule has 7 heavy (non-hydrogen) atoms. The summed E-state index contributed by atoms with van der Waals surface area (Å²) in [4.78, 5) is 0.211. The van der Waals surface area contributed by atoms with Gasteiger partial charge in [0.1, 0.15) is 0 Å². The summed E-state index contributed by atoms with van der Waals surface area (Å²) in [5, 5.41) is 10.3. The summed E-state index contributed by atoms with van der Waals surface area (Å²) in [6.07, 6.45) is 0.947. The second-order valence-electron chi connectivity index (χ2n) is 1.71.